The second-order valence-electron chi connectivity index (χ2n) is 6.59. The summed E-state index contributed by atoms with van der Waals surface area (Å²) in [4.78, 5) is 11.9. The van der Waals surface area contributed by atoms with Crippen LogP contribution in [0.2, 0.25) is 5.02 Å². The van der Waals surface area contributed by atoms with Crippen molar-refractivity contribution in [2.75, 3.05) is 12.0 Å². The number of benzene rings is 1. The maximum absolute atomic E-state index is 14.2. The molecule has 0 aromatic heterocycles. The van der Waals surface area contributed by atoms with Crippen molar-refractivity contribution in [1.29, 1.82) is 0 Å². The maximum atomic E-state index is 14.2. The lowest BCUT2D eigenvalue weighted by molar-refractivity contribution is 0.101. The molecule has 0 amide bonds. The van der Waals surface area contributed by atoms with Crippen molar-refractivity contribution in [2.45, 2.75) is 31.8 Å². The zero-order chi connectivity index (χ0) is 16.8. The molecule has 126 valence electrons. The molecular formula is C16H18ClFO4S. The first-order chi connectivity index (χ1) is 10.7. The number of ketones is 1. The molecule has 23 heavy (non-hydrogen) atoms. The van der Waals surface area contributed by atoms with Crippen LogP contribution in [0.15, 0.2) is 12.1 Å². The molecule has 4 nitrogen and oxygen atoms in total. The summed E-state index contributed by atoms with van der Waals surface area (Å²) in [6, 6.07) is 2.25. The van der Waals surface area contributed by atoms with Crippen molar-refractivity contribution in [3.63, 3.8) is 0 Å². The Hall–Kier alpha value is -1.14. The summed E-state index contributed by atoms with van der Waals surface area (Å²) < 4.78 is 42.4. The number of carbonyl (C=O) groups is 1. The Morgan fingerprint density at radius 3 is 2.65 bits per heavy atom. The molecule has 7 heteroatoms. The molecule has 2 saturated carbocycles. The highest BCUT2D eigenvalue weighted by molar-refractivity contribution is 7.91. The van der Waals surface area contributed by atoms with Gasteiger partial charge in [0.2, 0.25) is 0 Å². The average Bonchev–Trinajstić information content (AvgIpc) is 3.02. The van der Waals surface area contributed by atoms with Crippen LogP contribution in [0.5, 0.6) is 5.75 Å². The van der Waals surface area contributed by atoms with Crippen LogP contribution in [0.4, 0.5) is 4.39 Å². The van der Waals surface area contributed by atoms with Crippen LogP contribution in [0.25, 0.3) is 0 Å². The van der Waals surface area contributed by atoms with Gasteiger partial charge in [-0.25, -0.2) is 12.8 Å². The van der Waals surface area contributed by atoms with Crippen molar-refractivity contribution in [1.82, 2.24) is 0 Å². The zero-order valence-corrected chi connectivity index (χ0v) is 14.3. The fourth-order valence-corrected chi connectivity index (χ4v) is 4.48. The fourth-order valence-electron chi connectivity index (χ4n) is 3.64. The number of carbonyl (C=O) groups excluding carboxylic acids is 1. The van der Waals surface area contributed by atoms with Crippen molar-refractivity contribution in [2.24, 2.45) is 11.8 Å². The minimum absolute atomic E-state index is 0.0446. The van der Waals surface area contributed by atoms with Gasteiger partial charge in [0.15, 0.2) is 15.6 Å². The summed E-state index contributed by atoms with van der Waals surface area (Å²) in [5, 5.41) is 0.131. The van der Waals surface area contributed by atoms with Gasteiger partial charge in [-0.15, -0.1) is 0 Å². The van der Waals surface area contributed by atoms with E-state index in [9.17, 15) is 17.6 Å². The summed E-state index contributed by atoms with van der Waals surface area (Å²) in [6.45, 7) is 0. The number of hydrogen-bond donors (Lipinski definition) is 0. The zero-order valence-electron chi connectivity index (χ0n) is 12.7. The molecule has 3 rings (SSSR count). The minimum atomic E-state index is -3.53. The predicted molar refractivity (Wildman–Crippen MR) is 85.3 cm³/mol. The van der Waals surface area contributed by atoms with Crippen LogP contribution in [0.3, 0.4) is 0 Å². The molecule has 1 aromatic carbocycles. The molecule has 2 fully saturated rings. The molecule has 0 saturated heterocycles. The molecule has 2 bridgehead atoms. The predicted octanol–water partition coefficient (Wildman–Crippen LogP) is 3.27. The average molecular weight is 361 g/mol. The van der Waals surface area contributed by atoms with E-state index >= 15 is 0 Å². The third-order valence-electron chi connectivity index (χ3n) is 4.67. The van der Waals surface area contributed by atoms with Crippen molar-refractivity contribution in [3.8, 4) is 5.75 Å². The second kappa shape index (κ2) is 6.06. The first-order valence-electron chi connectivity index (χ1n) is 7.59. The molecule has 0 N–H and O–H groups in total. The molecule has 0 aliphatic heterocycles. The van der Waals surface area contributed by atoms with Gasteiger partial charge in [0.25, 0.3) is 0 Å². The standard InChI is InChI=1S/C16H18ClFO4S/c1-23(20,21)8-14(19)11-6-12(17)16(7-13(11)18)22-15-5-9-2-3-10(15)4-9/h6-7,9-10,15H,2-5,8H2,1H3/t9?,10?,15-/m1/s1. The maximum Gasteiger partial charge on any atom is 0.180 e. The third kappa shape index (κ3) is 3.69. The summed E-state index contributed by atoms with van der Waals surface area (Å²) in [6.07, 6.45) is 5.43. The third-order valence-corrected chi connectivity index (χ3v) is 5.75. The van der Waals surface area contributed by atoms with Gasteiger partial charge >= 0.3 is 0 Å². The number of hydrogen-bond acceptors (Lipinski definition) is 4. The van der Waals surface area contributed by atoms with E-state index in [-0.39, 0.29) is 22.4 Å². The monoisotopic (exact) mass is 360 g/mol. The van der Waals surface area contributed by atoms with Gasteiger partial charge in [0.05, 0.1) is 10.6 Å². The lowest BCUT2D eigenvalue weighted by Gasteiger charge is -2.23. The molecule has 2 aliphatic carbocycles. The highest BCUT2D eigenvalue weighted by atomic mass is 35.5. The number of sulfone groups is 1. The van der Waals surface area contributed by atoms with Gasteiger partial charge in [-0.3, -0.25) is 4.79 Å². The van der Waals surface area contributed by atoms with Gasteiger partial charge in [-0.05, 0) is 43.6 Å². The lowest BCUT2D eigenvalue weighted by Crippen LogP contribution is -2.24. The number of Topliss-reactive ketones (excluding diaryl/α,β-unsaturated/α-hetero) is 1. The van der Waals surface area contributed by atoms with Crippen molar-refractivity contribution in [3.05, 3.63) is 28.5 Å². The van der Waals surface area contributed by atoms with E-state index in [1.807, 2.05) is 0 Å². The molecule has 3 atom stereocenters. The number of halogens is 2. The largest absolute Gasteiger partial charge is 0.488 e. The van der Waals surface area contributed by atoms with Crippen LogP contribution >= 0.6 is 11.6 Å². The van der Waals surface area contributed by atoms with E-state index in [0.29, 0.717) is 11.8 Å². The number of rotatable bonds is 5. The van der Waals surface area contributed by atoms with E-state index in [1.54, 1.807) is 0 Å². The van der Waals surface area contributed by atoms with Gasteiger partial charge in [0.1, 0.15) is 23.4 Å². The summed E-state index contributed by atoms with van der Waals surface area (Å²) in [5.74, 6) is -0.959. The second-order valence-corrected chi connectivity index (χ2v) is 9.13. The Kier molecular flexibility index (Phi) is 4.40. The Morgan fingerprint density at radius 1 is 1.35 bits per heavy atom. The van der Waals surface area contributed by atoms with Gasteiger partial charge in [0, 0.05) is 12.3 Å². The SMILES string of the molecule is CS(=O)(=O)CC(=O)c1cc(Cl)c(O[C@@H]2CC3CCC2C3)cc1F. The highest BCUT2D eigenvalue weighted by Crippen LogP contribution is 2.46. The van der Waals surface area contributed by atoms with E-state index in [2.05, 4.69) is 0 Å². The van der Waals surface area contributed by atoms with E-state index in [4.69, 9.17) is 16.3 Å². The summed E-state index contributed by atoms with van der Waals surface area (Å²) >= 11 is 6.10. The normalized spacial score (nSPS) is 26.5. The van der Waals surface area contributed by atoms with E-state index < -0.39 is 27.2 Å². The quantitative estimate of drug-likeness (QED) is 0.756. The van der Waals surface area contributed by atoms with Crippen molar-refractivity contribution >= 4 is 27.2 Å². The molecule has 0 heterocycles. The molecule has 1 aromatic rings. The Balaban J connectivity index is 1.79. The van der Waals surface area contributed by atoms with E-state index in [0.717, 1.165) is 37.7 Å². The molecule has 0 spiro atoms. The number of fused-ring (bicyclic) bond motifs is 2. The molecular weight excluding hydrogens is 343 g/mol. The highest BCUT2D eigenvalue weighted by Gasteiger charge is 2.41. The topological polar surface area (TPSA) is 60.4 Å². The Morgan fingerprint density at radius 2 is 2.09 bits per heavy atom. The number of ether oxygens (including phenoxy) is 1. The minimum Gasteiger partial charge on any atom is -0.488 e. The Labute approximate surface area is 139 Å². The van der Waals surface area contributed by atoms with Crippen LogP contribution in [0.1, 0.15) is 36.0 Å². The Bertz CT molecular complexity index is 747. The van der Waals surface area contributed by atoms with Gasteiger partial charge < -0.3 is 4.74 Å². The van der Waals surface area contributed by atoms with Gasteiger partial charge in [-0.1, -0.05) is 11.6 Å². The van der Waals surface area contributed by atoms with Crippen LogP contribution in [0, 0.1) is 17.7 Å². The first kappa shape index (κ1) is 16.7. The van der Waals surface area contributed by atoms with Crippen LogP contribution in [-0.4, -0.2) is 32.3 Å². The lowest BCUT2D eigenvalue weighted by atomic mass is 9.98. The molecule has 2 unspecified atom stereocenters. The van der Waals surface area contributed by atoms with Crippen LogP contribution < -0.4 is 4.74 Å². The summed E-state index contributed by atoms with van der Waals surface area (Å²) in [7, 11) is -3.53. The smallest absolute Gasteiger partial charge is 0.180 e. The molecule has 0 radical (unpaired) electrons. The first-order valence-corrected chi connectivity index (χ1v) is 10.0. The van der Waals surface area contributed by atoms with Crippen LogP contribution in [-0.2, 0) is 9.84 Å². The summed E-state index contributed by atoms with van der Waals surface area (Å²) in [5.41, 5.74) is -0.319. The fraction of sp³-hybridized carbons (Fsp3) is 0.562. The van der Waals surface area contributed by atoms with E-state index in [1.165, 1.54) is 6.42 Å². The van der Waals surface area contributed by atoms with Gasteiger partial charge in [-0.2, -0.15) is 0 Å². The molecule has 2 aliphatic rings. The van der Waals surface area contributed by atoms with Crippen molar-refractivity contribution < 1.29 is 22.3 Å².